The van der Waals surface area contributed by atoms with Gasteiger partial charge in [0.15, 0.2) is 0 Å². The van der Waals surface area contributed by atoms with Crippen molar-refractivity contribution in [2.24, 2.45) is 5.92 Å². The molecule has 0 radical (unpaired) electrons. The van der Waals surface area contributed by atoms with Crippen LogP contribution >= 0.6 is 24.0 Å². The summed E-state index contributed by atoms with van der Waals surface area (Å²) in [6, 6.07) is 15.6. The zero-order valence-electron chi connectivity index (χ0n) is 15.4. The van der Waals surface area contributed by atoms with Crippen molar-refractivity contribution < 1.29 is 9.53 Å². The molecule has 2 unspecified atom stereocenters. The quantitative estimate of drug-likeness (QED) is 0.759. The van der Waals surface area contributed by atoms with Crippen molar-refractivity contribution in [3.05, 3.63) is 64.7 Å². The normalized spacial score (nSPS) is 19.0. The Morgan fingerprint density at radius 2 is 2.00 bits per heavy atom. The largest absolute Gasteiger partial charge is 0.489 e. The second-order valence-corrected chi connectivity index (χ2v) is 7.32. The van der Waals surface area contributed by atoms with Gasteiger partial charge in [-0.2, -0.15) is 0 Å². The molecule has 1 amide bonds. The summed E-state index contributed by atoms with van der Waals surface area (Å²) in [5.41, 5.74) is 2.01. The predicted octanol–water partition coefficient (Wildman–Crippen LogP) is 4.00. The molecule has 1 heterocycles. The summed E-state index contributed by atoms with van der Waals surface area (Å²) in [6.07, 6.45) is 1.35. The number of benzene rings is 2. The molecule has 1 fully saturated rings. The van der Waals surface area contributed by atoms with Gasteiger partial charge in [0.05, 0.1) is 6.42 Å². The van der Waals surface area contributed by atoms with Gasteiger partial charge in [-0.15, -0.1) is 12.4 Å². The summed E-state index contributed by atoms with van der Waals surface area (Å²) in [5.74, 6) is 1.29. The minimum absolute atomic E-state index is 0. The molecule has 0 aliphatic carbocycles. The maximum absolute atomic E-state index is 12.4. The van der Waals surface area contributed by atoms with Gasteiger partial charge in [0, 0.05) is 11.1 Å². The average molecular weight is 409 g/mol. The van der Waals surface area contributed by atoms with Crippen LogP contribution in [0.3, 0.4) is 0 Å². The van der Waals surface area contributed by atoms with Crippen molar-refractivity contribution >= 4 is 29.9 Å². The van der Waals surface area contributed by atoms with Crippen LogP contribution in [0.2, 0.25) is 5.02 Å². The van der Waals surface area contributed by atoms with Crippen molar-refractivity contribution in [3.8, 4) is 5.75 Å². The monoisotopic (exact) mass is 408 g/mol. The third-order valence-electron chi connectivity index (χ3n) is 4.71. The molecule has 2 N–H and O–H groups in total. The fourth-order valence-electron chi connectivity index (χ4n) is 3.16. The lowest BCUT2D eigenvalue weighted by atomic mass is 9.95. The molecule has 146 valence electrons. The number of carbonyl (C=O) groups excluding carboxylic acids is 1. The number of hydrogen-bond acceptors (Lipinski definition) is 3. The minimum Gasteiger partial charge on any atom is -0.489 e. The first-order valence-electron chi connectivity index (χ1n) is 9.06. The van der Waals surface area contributed by atoms with E-state index in [0.29, 0.717) is 24.0 Å². The fourth-order valence-corrected chi connectivity index (χ4v) is 3.29. The molecule has 2 atom stereocenters. The standard InChI is InChI=1S/C21H25ClN2O2.ClH/c1-15-13-23-10-9-20(15)24-21(25)12-17-3-2-4-19(11-17)26-14-16-5-7-18(22)8-6-16;/h2-8,11,15,20,23H,9-10,12-14H2,1H3,(H,24,25);1H. The number of nitrogens with one attached hydrogen (secondary N) is 2. The van der Waals surface area contributed by atoms with Gasteiger partial charge in [-0.1, -0.05) is 42.8 Å². The van der Waals surface area contributed by atoms with E-state index < -0.39 is 0 Å². The number of halogens is 2. The van der Waals surface area contributed by atoms with Gasteiger partial charge in [0.1, 0.15) is 12.4 Å². The third kappa shape index (κ3) is 6.73. The molecule has 3 rings (SSSR count). The van der Waals surface area contributed by atoms with Crippen LogP contribution in [-0.4, -0.2) is 25.0 Å². The van der Waals surface area contributed by atoms with Gasteiger partial charge in [-0.05, 0) is 60.8 Å². The fraction of sp³-hybridized carbons (Fsp3) is 0.381. The lowest BCUT2D eigenvalue weighted by molar-refractivity contribution is -0.121. The van der Waals surface area contributed by atoms with E-state index in [1.165, 1.54) is 0 Å². The lowest BCUT2D eigenvalue weighted by Crippen LogP contribution is -2.48. The lowest BCUT2D eigenvalue weighted by Gasteiger charge is -2.30. The van der Waals surface area contributed by atoms with Gasteiger partial charge in [-0.25, -0.2) is 0 Å². The van der Waals surface area contributed by atoms with E-state index in [2.05, 4.69) is 17.6 Å². The summed E-state index contributed by atoms with van der Waals surface area (Å²) < 4.78 is 5.84. The Kier molecular flexibility index (Phi) is 8.42. The number of hydrogen-bond donors (Lipinski definition) is 2. The minimum atomic E-state index is 0. The van der Waals surface area contributed by atoms with E-state index >= 15 is 0 Å². The van der Waals surface area contributed by atoms with Gasteiger partial charge < -0.3 is 15.4 Å². The molecule has 27 heavy (non-hydrogen) atoms. The van der Waals surface area contributed by atoms with E-state index in [4.69, 9.17) is 16.3 Å². The van der Waals surface area contributed by atoms with Gasteiger partial charge in [0.2, 0.25) is 5.91 Å². The van der Waals surface area contributed by atoms with Crippen LogP contribution in [0, 0.1) is 5.92 Å². The molecule has 1 aliphatic heterocycles. The highest BCUT2D eigenvalue weighted by Crippen LogP contribution is 2.17. The molecule has 2 aromatic rings. The third-order valence-corrected chi connectivity index (χ3v) is 4.97. The first-order chi connectivity index (χ1) is 12.6. The van der Waals surface area contributed by atoms with Crippen LogP contribution in [0.4, 0.5) is 0 Å². The Labute approximate surface area is 172 Å². The van der Waals surface area contributed by atoms with E-state index in [1.54, 1.807) is 0 Å². The Morgan fingerprint density at radius 3 is 2.74 bits per heavy atom. The maximum atomic E-state index is 12.4. The Bertz CT molecular complexity index is 737. The van der Waals surface area contributed by atoms with Crippen molar-refractivity contribution in [1.29, 1.82) is 0 Å². The zero-order valence-corrected chi connectivity index (χ0v) is 17.0. The van der Waals surface area contributed by atoms with Gasteiger partial charge in [0.25, 0.3) is 0 Å². The molecule has 4 nitrogen and oxygen atoms in total. The molecular formula is C21H26Cl2N2O2. The molecule has 0 saturated carbocycles. The van der Waals surface area contributed by atoms with Crippen LogP contribution in [-0.2, 0) is 17.8 Å². The predicted molar refractivity (Wildman–Crippen MR) is 112 cm³/mol. The first-order valence-corrected chi connectivity index (χ1v) is 9.44. The number of ether oxygens (including phenoxy) is 1. The summed E-state index contributed by atoms with van der Waals surface area (Å²) in [7, 11) is 0. The Hall–Kier alpha value is -1.75. The number of rotatable bonds is 6. The van der Waals surface area contributed by atoms with Crippen molar-refractivity contribution in [3.63, 3.8) is 0 Å². The van der Waals surface area contributed by atoms with Crippen LogP contribution in [0.25, 0.3) is 0 Å². The number of carbonyl (C=O) groups is 1. The first kappa shape index (κ1) is 21.5. The van der Waals surface area contributed by atoms with Crippen LogP contribution in [0.1, 0.15) is 24.5 Å². The highest BCUT2D eigenvalue weighted by Gasteiger charge is 2.22. The van der Waals surface area contributed by atoms with Crippen LogP contribution in [0.5, 0.6) is 5.75 Å². The molecule has 2 aromatic carbocycles. The zero-order chi connectivity index (χ0) is 18.4. The summed E-state index contributed by atoms with van der Waals surface area (Å²) >= 11 is 5.89. The second-order valence-electron chi connectivity index (χ2n) is 6.88. The summed E-state index contributed by atoms with van der Waals surface area (Å²) in [4.78, 5) is 12.4. The summed E-state index contributed by atoms with van der Waals surface area (Å²) in [5, 5.41) is 7.23. The molecule has 1 saturated heterocycles. The van der Waals surface area contributed by atoms with E-state index in [-0.39, 0.29) is 24.4 Å². The van der Waals surface area contributed by atoms with Crippen molar-refractivity contribution in [2.45, 2.75) is 32.4 Å². The van der Waals surface area contributed by atoms with Gasteiger partial charge >= 0.3 is 0 Å². The van der Waals surface area contributed by atoms with Crippen molar-refractivity contribution in [2.75, 3.05) is 13.1 Å². The number of piperidine rings is 1. The molecule has 6 heteroatoms. The average Bonchev–Trinajstić information content (AvgIpc) is 2.63. The molecule has 0 bridgehead atoms. The highest BCUT2D eigenvalue weighted by atomic mass is 35.5. The molecule has 0 aromatic heterocycles. The summed E-state index contributed by atoms with van der Waals surface area (Å²) in [6.45, 7) is 4.56. The topological polar surface area (TPSA) is 50.4 Å². The molecule has 0 spiro atoms. The van der Waals surface area contributed by atoms with E-state index in [9.17, 15) is 4.79 Å². The number of amides is 1. The van der Waals surface area contributed by atoms with Crippen LogP contribution in [0.15, 0.2) is 48.5 Å². The van der Waals surface area contributed by atoms with E-state index in [1.807, 2.05) is 48.5 Å². The SMILES string of the molecule is CC1CNCCC1NC(=O)Cc1cccc(OCc2ccc(Cl)cc2)c1.Cl. The smallest absolute Gasteiger partial charge is 0.224 e. The van der Waals surface area contributed by atoms with Gasteiger partial charge in [-0.3, -0.25) is 4.79 Å². The molecule has 1 aliphatic rings. The van der Waals surface area contributed by atoms with Crippen LogP contribution < -0.4 is 15.4 Å². The second kappa shape index (κ2) is 10.5. The van der Waals surface area contributed by atoms with Crippen molar-refractivity contribution in [1.82, 2.24) is 10.6 Å². The highest BCUT2D eigenvalue weighted by molar-refractivity contribution is 6.30. The Morgan fingerprint density at radius 1 is 1.22 bits per heavy atom. The maximum Gasteiger partial charge on any atom is 0.224 e. The van der Waals surface area contributed by atoms with E-state index in [0.717, 1.165) is 36.4 Å². The molecular weight excluding hydrogens is 383 g/mol. The Balaban J connectivity index is 0.00000261.